The first-order valence-corrected chi connectivity index (χ1v) is 8.66. The number of sulfonamides is 1. The molecule has 0 atom stereocenters. The van der Waals surface area contributed by atoms with Gasteiger partial charge in [-0.2, -0.15) is 0 Å². The Bertz CT molecular complexity index is 975. The van der Waals surface area contributed by atoms with Crippen molar-refractivity contribution in [3.05, 3.63) is 60.5 Å². The van der Waals surface area contributed by atoms with Crippen molar-refractivity contribution < 1.29 is 22.0 Å². The third-order valence-corrected chi connectivity index (χ3v) is 4.79. The van der Waals surface area contributed by atoms with Gasteiger partial charge in [-0.15, -0.1) is 0 Å². The molecule has 2 aromatic heterocycles. The predicted molar refractivity (Wildman–Crippen MR) is 86.7 cm³/mol. The summed E-state index contributed by atoms with van der Waals surface area (Å²) in [5.41, 5.74) is 0.811. The van der Waals surface area contributed by atoms with Crippen molar-refractivity contribution in [2.24, 2.45) is 0 Å². The Morgan fingerprint density at radius 1 is 1.24 bits per heavy atom. The van der Waals surface area contributed by atoms with E-state index in [0.29, 0.717) is 17.1 Å². The fraction of sp³-hybridized carbons (Fsp3) is 0.125. The summed E-state index contributed by atoms with van der Waals surface area (Å²) in [7, 11) is -2.63. The van der Waals surface area contributed by atoms with E-state index in [-0.39, 0.29) is 17.2 Å². The van der Waals surface area contributed by atoms with E-state index in [2.05, 4.69) is 14.7 Å². The fourth-order valence-electron chi connectivity index (χ4n) is 2.18. The van der Waals surface area contributed by atoms with Crippen LogP contribution in [-0.4, -0.2) is 25.5 Å². The zero-order valence-corrected chi connectivity index (χ0v) is 14.0. The van der Waals surface area contributed by atoms with Gasteiger partial charge in [-0.25, -0.2) is 22.5 Å². The summed E-state index contributed by atoms with van der Waals surface area (Å²) in [6.07, 6.45) is 4.41. The first-order valence-electron chi connectivity index (χ1n) is 7.18. The molecular weight excluding hydrogens is 349 g/mol. The topological polar surface area (TPSA) is 94.3 Å². The molecule has 3 aromatic rings. The standard InChI is InChI=1S/C16H14FN3O4S/c1-23-14-5-4-11(9-12(14)17)25(21,22)20-10-13-16(19-7-6-18-13)15-3-2-8-24-15/h2-9,20H,10H2,1H3. The molecule has 3 rings (SSSR count). The van der Waals surface area contributed by atoms with Crippen molar-refractivity contribution in [3.63, 3.8) is 0 Å². The summed E-state index contributed by atoms with van der Waals surface area (Å²) in [6.45, 7) is -0.125. The van der Waals surface area contributed by atoms with E-state index in [1.807, 2.05) is 0 Å². The molecule has 9 heteroatoms. The smallest absolute Gasteiger partial charge is 0.241 e. The highest BCUT2D eigenvalue weighted by Gasteiger charge is 2.18. The highest BCUT2D eigenvalue weighted by atomic mass is 32.2. The number of aromatic nitrogens is 2. The van der Waals surface area contributed by atoms with E-state index in [4.69, 9.17) is 9.15 Å². The van der Waals surface area contributed by atoms with Gasteiger partial charge in [0.1, 0.15) is 5.69 Å². The van der Waals surface area contributed by atoms with Gasteiger partial charge in [0.2, 0.25) is 10.0 Å². The molecule has 1 aromatic carbocycles. The summed E-state index contributed by atoms with van der Waals surface area (Å²) in [4.78, 5) is 8.08. The first-order chi connectivity index (χ1) is 12.0. The third kappa shape index (κ3) is 3.67. The largest absolute Gasteiger partial charge is 0.494 e. The molecule has 0 spiro atoms. The normalized spacial score (nSPS) is 11.4. The summed E-state index contributed by atoms with van der Waals surface area (Å²) in [5.74, 6) is -0.327. The van der Waals surface area contributed by atoms with Crippen molar-refractivity contribution in [3.8, 4) is 17.2 Å². The number of hydrogen-bond acceptors (Lipinski definition) is 6. The average Bonchev–Trinajstić information content (AvgIpc) is 3.14. The second-order valence-corrected chi connectivity index (χ2v) is 6.72. The molecule has 2 heterocycles. The molecule has 1 N–H and O–H groups in total. The highest BCUT2D eigenvalue weighted by molar-refractivity contribution is 7.89. The summed E-state index contributed by atoms with van der Waals surface area (Å²) in [6, 6.07) is 6.79. The van der Waals surface area contributed by atoms with Gasteiger partial charge in [-0.3, -0.25) is 4.98 Å². The third-order valence-electron chi connectivity index (χ3n) is 3.39. The lowest BCUT2D eigenvalue weighted by molar-refractivity contribution is 0.385. The van der Waals surface area contributed by atoms with Crippen LogP contribution in [0.5, 0.6) is 5.75 Å². The van der Waals surface area contributed by atoms with Crippen LogP contribution < -0.4 is 9.46 Å². The van der Waals surface area contributed by atoms with Crippen LogP contribution in [0.4, 0.5) is 4.39 Å². The van der Waals surface area contributed by atoms with E-state index < -0.39 is 15.8 Å². The van der Waals surface area contributed by atoms with Crippen molar-refractivity contribution in [2.75, 3.05) is 7.11 Å². The van der Waals surface area contributed by atoms with Crippen LogP contribution in [0.25, 0.3) is 11.5 Å². The first kappa shape index (κ1) is 17.1. The molecule has 0 unspecified atom stereocenters. The van der Waals surface area contributed by atoms with Gasteiger partial charge in [-0.05, 0) is 30.3 Å². The number of halogens is 1. The van der Waals surface area contributed by atoms with Gasteiger partial charge >= 0.3 is 0 Å². The number of hydrogen-bond donors (Lipinski definition) is 1. The van der Waals surface area contributed by atoms with Gasteiger partial charge in [0.15, 0.2) is 17.3 Å². The van der Waals surface area contributed by atoms with Crippen LogP contribution in [-0.2, 0) is 16.6 Å². The number of methoxy groups -OCH3 is 1. The lowest BCUT2D eigenvalue weighted by Crippen LogP contribution is -2.24. The van der Waals surface area contributed by atoms with Crippen LogP contribution in [0.2, 0.25) is 0 Å². The van der Waals surface area contributed by atoms with Crippen molar-refractivity contribution >= 4 is 10.0 Å². The average molecular weight is 363 g/mol. The molecule has 0 bridgehead atoms. The lowest BCUT2D eigenvalue weighted by Gasteiger charge is -2.09. The van der Waals surface area contributed by atoms with Gasteiger partial charge in [0.05, 0.1) is 30.5 Å². The number of furan rings is 1. The van der Waals surface area contributed by atoms with E-state index in [1.54, 1.807) is 12.1 Å². The molecule has 0 aliphatic heterocycles. The van der Waals surface area contributed by atoms with Crippen LogP contribution in [0.1, 0.15) is 5.69 Å². The minimum Gasteiger partial charge on any atom is -0.494 e. The van der Waals surface area contributed by atoms with Crippen LogP contribution in [0.15, 0.2) is 58.3 Å². The number of ether oxygens (including phenoxy) is 1. The zero-order chi connectivity index (χ0) is 17.9. The molecule has 0 saturated carbocycles. The maximum Gasteiger partial charge on any atom is 0.241 e. The Balaban J connectivity index is 1.83. The Kier molecular flexibility index (Phi) is 4.77. The zero-order valence-electron chi connectivity index (χ0n) is 13.1. The summed E-state index contributed by atoms with van der Waals surface area (Å²) in [5, 5.41) is 0. The molecule has 7 nitrogen and oxygen atoms in total. The fourth-order valence-corrected chi connectivity index (χ4v) is 3.18. The molecule has 130 valence electrons. The van der Waals surface area contributed by atoms with Gasteiger partial charge in [0, 0.05) is 12.4 Å². The Morgan fingerprint density at radius 2 is 2.04 bits per heavy atom. The van der Waals surface area contributed by atoms with Crippen LogP contribution in [0, 0.1) is 5.82 Å². The quantitative estimate of drug-likeness (QED) is 0.722. The molecule has 0 aliphatic rings. The minimum absolute atomic E-state index is 0.0343. The van der Waals surface area contributed by atoms with Crippen molar-refractivity contribution in [2.45, 2.75) is 11.4 Å². The monoisotopic (exact) mass is 363 g/mol. The maximum absolute atomic E-state index is 13.7. The maximum atomic E-state index is 13.7. The molecule has 0 radical (unpaired) electrons. The predicted octanol–water partition coefficient (Wildman–Crippen LogP) is 2.36. The van der Waals surface area contributed by atoms with E-state index in [0.717, 1.165) is 6.07 Å². The van der Waals surface area contributed by atoms with Crippen molar-refractivity contribution in [1.29, 1.82) is 0 Å². The Labute approximate surface area is 143 Å². The van der Waals surface area contributed by atoms with Gasteiger partial charge in [0.25, 0.3) is 0 Å². The van der Waals surface area contributed by atoms with Crippen LogP contribution >= 0.6 is 0 Å². The molecule has 25 heavy (non-hydrogen) atoms. The van der Waals surface area contributed by atoms with Crippen molar-refractivity contribution in [1.82, 2.24) is 14.7 Å². The van der Waals surface area contributed by atoms with E-state index >= 15 is 0 Å². The number of rotatable bonds is 6. The molecule has 0 amide bonds. The molecule has 0 saturated heterocycles. The van der Waals surface area contributed by atoms with Gasteiger partial charge < -0.3 is 9.15 Å². The highest BCUT2D eigenvalue weighted by Crippen LogP contribution is 2.22. The molecule has 0 aliphatic carbocycles. The number of nitrogens with one attached hydrogen (secondary N) is 1. The number of nitrogens with zero attached hydrogens (tertiary/aromatic N) is 2. The second-order valence-electron chi connectivity index (χ2n) is 4.95. The SMILES string of the molecule is COc1ccc(S(=O)(=O)NCc2nccnc2-c2ccco2)cc1F. The number of benzene rings is 1. The minimum atomic E-state index is -3.94. The Morgan fingerprint density at radius 3 is 2.72 bits per heavy atom. The van der Waals surface area contributed by atoms with Crippen LogP contribution in [0.3, 0.4) is 0 Å². The molecular formula is C16H14FN3O4S. The second kappa shape index (κ2) is 6.99. The summed E-state index contributed by atoms with van der Waals surface area (Å²) >= 11 is 0. The summed E-state index contributed by atoms with van der Waals surface area (Å²) < 4.78 is 50.9. The molecule has 0 fully saturated rings. The van der Waals surface area contributed by atoms with E-state index in [1.165, 1.54) is 37.9 Å². The Hall–Kier alpha value is -2.78. The van der Waals surface area contributed by atoms with E-state index in [9.17, 15) is 12.8 Å². The lowest BCUT2D eigenvalue weighted by atomic mass is 10.2. The van der Waals surface area contributed by atoms with Gasteiger partial charge in [-0.1, -0.05) is 0 Å².